The van der Waals surface area contributed by atoms with Crippen LogP contribution in [-0.4, -0.2) is 12.0 Å². The first kappa shape index (κ1) is 26.3. The Balaban J connectivity index is 0.00000187. The number of thioether (sulfide) groups is 1. The van der Waals surface area contributed by atoms with E-state index < -0.39 is 0 Å². The summed E-state index contributed by atoms with van der Waals surface area (Å²) in [6, 6.07) is 18.9. The van der Waals surface area contributed by atoms with E-state index in [-0.39, 0.29) is 5.41 Å². The van der Waals surface area contributed by atoms with Crippen molar-refractivity contribution in [1.82, 2.24) is 4.98 Å². The molecular weight excluding hydrogens is 422 g/mol. The summed E-state index contributed by atoms with van der Waals surface area (Å²) in [6.45, 7) is 21.3. The molecule has 3 nitrogen and oxygen atoms in total. The standard InChI is InChI=1S/C27H31N3S.C2H6/c1-19-15-16-28-18-26(19)31-20(2)22-9-8-10-24(17-22)29-21(3)30(7)25-13-11-23(12-14-25)27(4,5)6;1-2/h8-18,29H,2-3H2,1,4-7H3;1-2H3. The van der Waals surface area contributed by atoms with Gasteiger partial charge in [-0.2, -0.15) is 0 Å². The summed E-state index contributed by atoms with van der Waals surface area (Å²) >= 11 is 1.64. The molecule has 1 N–H and O–H groups in total. The molecule has 0 bridgehead atoms. The van der Waals surface area contributed by atoms with Crippen LogP contribution < -0.4 is 10.2 Å². The molecule has 4 heteroatoms. The number of benzene rings is 2. The molecule has 3 aromatic rings. The van der Waals surface area contributed by atoms with Gasteiger partial charge in [0, 0.05) is 40.6 Å². The third-order valence-electron chi connectivity index (χ3n) is 5.22. The van der Waals surface area contributed by atoms with Crippen LogP contribution in [0.5, 0.6) is 0 Å². The van der Waals surface area contributed by atoms with Gasteiger partial charge < -0.3 is 10.2 Å². The summed E-state index contributed by atoms with van der Waals surface area (Å²) in [5, 5.41) is 3.42. The van der Waals surface area contributed by atoms with Gasteiger partial charge in [-0.05, 0) is 59.4 Å². The first-order valence-electron chi connectivity index (χ1n) is 11.3. The lowest BCUT2D eigenvalue weighted by molar-refractivity contribution is 0.590. The topological polar surface area (TPSA) is 28.2 Å². The average molecular weight is 460 g/mol. The van der Waals surface area contributed by atoms with Crippen LogP contribution >= 0.6 is 11.8 Å². The van der Waals surface area contributed by atoms with Crippen molar-refractivity contribution in [2.75, 3.05) is 17.3 Å². The molecule has 1 heterocycles. The van der Waals surface area contributed by atoms with E-state index in [1.165, 1.54) is 11.1 Å². The molecule has 0 saturated heterocycles. The lowest BCUT2D eigenvalue weighted by Crippen LogP contribution is -2.21. The number of nitrogens with zero attached hydrogens (tertiary/aromatic N) is 2. The molecular formula is C29H37N3S. The Bertz CT molecular complexity index is 1080. The fraction of sp³-hybridized carbons (Fsp3) is 0.276. The highest BCUT2D eigenvalue weighted by Crippen LogP contribution is 2.35. The van der Waals surface area contributed by atoms with Crippen molar-refractivity contribution in [3.05, 3.63) is 103 Å². The Morgan fingerprint density at radius 2 is 1.67 bits per heavy atom. The SMILES string of the molecule is C=C(Sc1cnccc1C)c1cccc(NC(=C)N(C)c2ccc(C(C)(C)C)cc2)c1.CC. The van der Waals surface area contributed by atoms with Gasteiger partial charge in [0.05, 0.1) is 0 Å². The third-order valence-corrected chi connectivity index (χ3v) is 6.35. The monoisotopic (exact) mass is 459 g/mol. The first-order chi connectivity index (χ1) is 15.6. The van der Waals surface area contributed by atoms with Crippen molar-refractivity contribution in [2.24, 2.45) is 0 Å². The van der Waals surface area contributed by atoms with Gasteiger partial charge in [0.2, 0.25) is 0 Å². The molecule has 174 valence electrons. The minimum Gasteiger partial charge on any atom is -0.342 e. The number of aryl methyl sites for hydroxylation is 1. The average Bonchev–Trinajstić information content (AvgIpc) is 2.81. The number of hydrogen-bond acceptors (Lipinski definition) is 4. The molecule has 0 unspecified atom stereocenters. The van der Waals surface area contributed by atoms with E-state index in [1.807, 2.05) is 51.5 Å². The molecule has 0 fully saturated rings. The minimum absolute atomic E-state index is 0.140. The number of rotatable bonds is 7. The van der Waals surface area contributed by atoms with Crippen LogP contribution in [0.15, 0.2) is 90.9 Å². The van der Waals surface area contributed by atoms with Crippen LogP contribution in [0.4, 0.5) is 11.4 Å². The van der Waals surface area contributed by atoms with Crippen LogP contribution in [-0.2, 0) is 5.41 Å². The number of aromatic nitrogens is 1. The maximum absolute atomic E-state index is 4.27. The summed E-state index contributed by atoms with van der Waals surface area (Å²) in [5.74, 6) is 0.807. The number of pyridine rings is 1. The lowest BCUT2D eigenvalue weighted by Gasteiger charge is -2.25. The molecule has 0 atom stereocenters. The summed E-state index contributed by atoms with van der Waals surface area (Å²) in [5.41, 5.74) is 5.79. The Labute approximate surface area is 204 Å². The molecule has 3 rings (SSSR count). The summed E-state index contributed by atoms with van der Waals surface area (Å²) in [6.07, 6.45) is 3.69. The van der Waals surface area contributed by atoms with Gasteiger partial charge in [-0.15, -0.1) is 0 Å². The van der Waals surface area contributed by atoms with Crippen molar-refractivity contribution < 1.29 is 0 Å². The van der Waals surface area contributed by atoms with Crippen molar-refractivity contribution in [3.63, 3.8) is 0 Å². The fourth-order valence-corrected chi connectivity index (χ4v) is 3.96. The number of anilines is 2. The van der Waals surface area contributed by atoms with E-state index in [4.69, 9.17) is 0 Å². The Hall–Kier alpha value is -2.98. The number of hydrogen-bond donors (Lipinski definition) is 1. The van der Waals surface area contributed by atoms with Gasteiger partial charge in [0.25, 0.3) is 0 Å². The smallest absolute Gasteiger partial charge is 0.103 e. The summed E-state index contributed by atoms with van der Waals surface area (Å²) in [4.78, 5) is 8.38. The highest BCUT2D eigenvalue weighted by Gasteiger charge is 2.14. The Kier molecular flexibility index (Phi) is 9.36. The lowest BCUT2D eigenvalue weighted by atomic mass is 9.87. The van der Waals surface area contributed by atoms with Crippen LogP contribution in [0, 0.1) is 6.92 Å². The van der Waals surface area contributed by atoms with Gasteiger partial charge in [0.1, 0.15) is 5.82 Å². The molecule has 0 aliphatic carbocycles. The van der Waals surface area contributed by atoms with Gasteiger partial charge >= 0.3 is 0 Å². The van der Waals surface area contributed by atoms with Gasteiger partial charge in [-0.1, -0.05) is 83.8 Å². The van der Waals surface area contributed by atoms with Gasteiger partial charge in [0.15, 0.2) is 0 Å². The maximum Gasteiger partial charge on any atom is 0.103 e. The maximum atomic E-state index is 4.27. The quantitative estimate of drug-likeness (QED) is 0.358. The van der Waals surface area contributed by atoms with Gasteiger partial charge in [-0.3, -0.25) is 4.98 Å². The van der Waals surface area contributed by atoms with Gasteiger partial charge in [-0.25, -0.2) is 0 Å². The number of nitrogens with one attached hydrogen (secondary N) is 1. The molecule has 0 radical (unpaired) electrons. The van der Waals surface area contributed by atoms with Crippen molar-refractivity contribution in [1.29, 1.82) is 0 Å². The van der Waals surface area contributed by atoms with Crippen LogP contribution in [0.2, 0.25) is 0 Å². The summed E-state index contributed by atoms with van der Waals surface area (Å²) in [7, 11) is 2.02. The molecule has 33 heavy (non-hydrogen) atoms. The predicted octanol–water partition coefficient (Wildman–Crippen LogP) is 8.50. The van der Waals surface area contributed by atoms with Crippen LogP contribution in [0.1, 0.15) is 51.3 Å². The van der Waals surface area contributed by atoms with Crippen molar-refractivity contribution in [2.45, 2.75) is 51.9 Å². The zero-order valence-corrected chi connectivity index (χ0v) is 21.9. The van der Waals surface area contributed by atoms with E-state index >= 15 is 0 Å². The zero-order chi connectivity index (χ0) is 24.6. The van der Waals surface area contributed by atoms with Crippen LogP contribution in [0.25, 0.3) is 4.91 Å². The van der Waals surface area contributed by atoms with Crippen LogP contribution in [0.3, 0.4) is 0 Å². The van der Waals surface area contributed by atoms with Crippen molar-refractivity contribution in [3.8, 4) is 0 Å². The zero-order valence-electron chi connectivity index (χ0n) is 21.1. The normalized spacial score (nSPS) is 10.6. The molecule has 0 saturated carbocycles. The second-order valence-electron chi connectivity index (χ2n) is 8.67. The minimum atomic E-state index is 0.140. The molecule has 0 aliphatic rings. The molecule has 0 aliphatic heterocycles. The van der Waals surface area contributed by atoms with Crippen molar-refractivity contribution >= 4 is 28.0 Å². The first-order valence-corrected chi connectivity index (χ1v) is 12.1. The molecule has 2 aromatic carbocycles. The molecule has 1 aromatic heterocycles. The third kappa shape index (κ3) is 7.26. The Morgan fingerprint density at radius 1 is 1.00 bits per heavy atom. The summed E-state index contributed by atoms with van der Waals surface area (Å²) < 4.78 is 0. The van der Waals surface area contributed by atoms with E-state index in [1.54, 1.807) is 11.8 Å². The van der Waals surface area contributed by atoms with E-state index in [9.17, 15) is 0 Å². The van der Waals surface area contributed by atoms with E-state index in [0.717, 1.165) is 32.6 Å². The molecule has 0 amide bonds. The molecule has 0 spiro atoms. The largest absolute Gasteiger partial charge is 0.342 e. The van der Waals surface area contributed by atoms with E-state index in [0.29, 0.717) is 0 Å². The second kappa shape index (κ2) is 11.8. The Morgan fingerprint density at radius 3 is 2.27 bits per heavy atom. The second-order valence-corrected chi connectivity index (χ2v) is 9.81. The highest BCUT2D eigenvalue weighted by atomic mass is 32.2. The fourth-order valence-electron chi connectivity index (χ4n) is 3.11. The van der Waals surface area contributed by atoms with E-state index in [2.05, 4.69) is 92.5 Å². The highest BCUT2D eigenvalue weighted by molar-refractivity contribution is 8.08. The predicted molar refractivity (Wildman–Crippen MR) is 148 cm³/mol.